The second-order valence-corrected chi connectivity index (χ2v) is 11.5. The first-order valence-corrected chi connectivity index (χ1v) is 13.7. The van der Waals surface area contributed by atoms with Crippen molar-refractivity contribution >= 4 is 42.8 Å². The van der Waals surface area contributed by atoms with Crippen molar-refractivity contribution in [2.24, 2.45) is 0 Å². The van der Waals surface area contributed by atoms with E-state index in [2.05, 4.69) is 14.8 Å². The number of sulfonamides is 2. The maximum Gasteiger partial charge on any atom is 0.280 e. The van der Waals surface area contributed by atoms with Crippen molar-refractivity contribution in [3.8, 4) is 0 Å². The summed E-state index contributed by atoms with van der Waals surface area (Å²) in [5, 5.41) is 2.34. The number of nitrogens with zero attached hydrogens (tertiary/aromatic N) is 2. The summed E-state index contributed by atoms with van der Waals surface area (Å²) >= 11 is 0. The zero-order valence-corrected chi connectivity index (χ0v) is 20.2. The van der Waals surface area contributed by atoms with E-state index >= 15 is 0 Å². The molecule has 0 unspecified atom stereocenters. The third-order valence-electron chi connectivity index (χ3n) is 5.46. The van der Waals surface area contributed by atoms with E-state index in [1.165, 1.54) is 57.9 Å². The molecule has 0 fully saturated rings. The number of aromatic nitrogens is 2. The molecule has 0 spiro atoms. The number of nitrogens with one attached hydrogen (secondary N) is 3. The average molecular weight is 532 g/mol. The van der Waals surface area contributed by atoms with Gasteiger partial charge in [-0.25, -0.2) is 25.9 Å². The van der Waals surface area contributed by atoms with E-state index in [1.807, 2.05) is 0 Å². The molecule has 4 aromatic rings. The van der Waals surface area contributed by atoms with Crippen molar-refractivity contribution in [2.45, 2.75) is 11.4 Å². The second kappa shape index (κ2) is 8.20. The molecular formula is C22H18FN5O6S2. The second-order valence-electron chi connectivity index (χ2n) is 8.12. The average Bonchev–Trinajstić information content (AvgIpc) is 3.27. The maximum absolute atomic E-state index is 13.5. The van der Waals surface area contributed by atoms with Crippen LogP contribution in [0.15, 0.2) is 75.3 Å². The third kappa shape index (κ3) is 4.20. The molecule has 2 aromatic carbocycles. The standard InChI is InChI=1S/C22H18FN5O6S2/c1-35(31,32)25-15-8-9-16-18(11-15)36(33,34)26-21(24-16)19-20(29)17-3-2-10-27(17)28(22(19)30)12-13-4-6-14(23)7-5-13/h2-11,24-26H,12H2,1H3/b21-19+. The Morgan fingerprint density at radius 1 is 1.06 bits per heavy atom. The highest BCUT2D eigenvalue weighted by Crippen LogP contribution is 2.30. The molecule has 2 aromatic heterocycles. The summed E-state index contributed by atoms with van der Waals surface area (Å²) < 4.78 is 69.4. The fraction of sp³-hybridized carbons (Fsp3) is 0.0909. The van der Waals surface area contributed by atoms with Gasteiger partial charge in [-0.15, -0.1) is 0 Å². The Hall–Kier alpha value is -4.17. The van der Waals surface area contributed by atoms with Crippen molar-refractivity contribution < 1.29 is 21.2 Å². The molecule has 0 amide bonds. The van der Waals surface area contributed by atoms with Crippen molar-refractivity contribution in [1.82, 2.24) is 13.9 Å². The first-order valence-electron chi connectivity index (χ1n) is 10.4. The molecule has 36 heavy (non-hydrogen) atoms. The molecule has 1 aliphatic heterocycles. The van der Waals surface area contributed by atoms with Crippen LogP contribution in [0.2, 0.25) is 0 Å². The van der Waals surface area contributed by atoms with Gasteiger partial charge in [0.2, 0.25) is 15.5 Å². The minimum atomic E-state index is -4.29. The smallest absolute Gasteiger partial charge is 0.280 e. The zero-order valence-electron chi connectivity index (χ0n) is 18.5. The number of rotatable bonds is 4. The molecule has 11 nitrogen and oxygen atoms in total. The Morgan fingerprint density at radius 3 is 2.47 bits per heavy atom. The van der Waals surface area contributed by atoms with E-state index < -0.39 is 42.1 Å². The van der Waals surface area contributed by atoms with Crippen LogP contribution in [0.3, 0.4) is 0 Å². The van der Waals surface area contributed by atoms with Crippen LogP contribution in [-0.4, -0.2) is 32.3 Å². The minimum Gasteiger partial charge on any atom is -0.339 e. The van der Waals surface area contributed by atoms with E-state index in [4.69, 9.17) is 0 Å². The van der Waals surface area contributed by atoms with E-state index in [0.717, 1.165) is 12.3 Å². The quantitative estimate of drug-likeness (QED) is 0.341. The van der Waals surface area contributed by atoms with Gasteiger partial charge >= 0.3 is 0 Å². The number of fused-ring (bicyclic) bond motifs is 2. The fourth-order valence-corrected chi connectivity index (χ4v) is 5.71. The van der Waals surface area contributed by atoms with E-state index in [0.29, 0.717) is 5.56 Å². The number of hydrogen-bond donors (Lipinski definition) is 3. The summed E-state index contributed by atoms with van der Waals surface area (Å²) in [6.45, 7) is -0.0191. The van der Waals surface area contributed by atoms with Gasteiger partial charge in [-0.1, -0.05) is 12.1 Å². The summed E-state index contributed by atoms with van der Waals surface area (Å²) in [6.07, 6.45) is 2.44. The molecule has 186 valence electrons. The third-order valence-corrected chi connectivity index (χ3v) is 7.46. The Balaban J connectivity index is 1.71. The summed E-state index contributed by atoms with van der Waals surface area (Å²) in [7, 11) is -7.94. The molecule has 3 heterocycles. The fourth-order valence-electron chi connectivity index (χ4n) is 3.93. The highest BCUT2D eigenvalue weighted by Gasteiger charge is 2.28. The van der Waals surface area contributed by atoms with Crippen LogP contribution in [-0.2, 0) is 26.6 Å². The lowest BCUT2D eigenvalue weighted by atomic mass is 10.2. The van der Waals surface area contributed by atoms with E-state index in [1.54, 1.807) is 6.07 Å². The Bertz CT molecular complexity index is 1930. The monoisotopic (exact) mass is 531 g/mol. The van der Waals surface area contributed by atoms with Crippen molar-refractivity contribution in [3.63, 3.8) is 0 Å². The lowest BCUT2D eigenvalue weighted by molar-refractivity contribution is 0.586. The molecule has 0 radical (unpaired) electrons. The van der Waals surface area contributed by atoms with Crippen molar-refractivity contribution in [2.75, 3.05) is 16.3 Å². The normalized spacial score (nSPS) is 16.2. The van der Waals surface area contributed by atoms with E-state index in [9.17, 15) is 30.8 Å². The molecular weight excluding hydrogens is 513 g/mol. The largest absolute Gasteiger partial charge is 0.339 e. The van der Waals surface area contributed by atoms with Crippen LogP contribution in [0.4, 0.5) is 15.8 Å². The van der Waals surface area contributed by atoms with Crippen LogP contribution in [0.25, 0.3) is 11.3 Å². The number of benzene rings is 2. The molecule has 0 aliphatic carbocycles. The van der Waals surface area contributed by atoms with Crippen LogP contribution >= 0.6 is 0 Å². The first-order chi connectivity index (χ1) is 16.9. The molecule has 14 heteroatoms. The van der Waals surface area contributed by atoms with Gasteiger partial charge in [-0.3, -0.25) is 23.5 Å². The van der Waals surface area contributed by atoms with Crippen LogP contribution < -0.4 is 31.0 Å². The number of anilines is 2. The van der Waals surface area contributed by atoms with Crippen LogP contribution in [0.1, 0.15) is 5.56 Å². The lowest BCUT2D eigenvalue weighted by Gasteiger charge is -2.23. The van der Waals surface area contributed by atoms with Gasteiger partial charge in [0.25, 0.3) is 15.6 Å². The molecule has 0 bridgehead atoms. The highest BCUT2D eigenvalue weighted by molar-refractivity contribution is 7.92. The van der Waals surface area contributed by atoms with Gasteiger partial charge in [0, 0.05) is 11.9 Å². The van der Waals surface area contributed by atoms with Crippen LogP contribution in [0.5, 0.6) is 0 Å². The molecule has 0 saturated carbocycles. The van der Waals surface area contributed by atoms with Crippen molar-refractivity contribution in [1.29, 1.82) is 0 Å². The van der Waals surface area contributed by atoms with Gasteiger partial charge in [-0.05, 0) is 48.0 Å². The summed E-state index contributed by atoms with van der Waals surface area (Å²) in [5.74, 6) is -0.782. The molecule has 0 atom stereocenters. The highest BCUT2D eigenvalue weighted by atomic mass is 32.2. The Labute approximate surface area is 203 Å². The molecule has 0 saturated heterocycles. The molecule has 3 N–H and O–H groups in total. The molecule has 1 aliphatic rings. The predicted molar refractivity (Wildman–Crippen MR) is 131 cm³/mol. The van der Waals surface area contributed by atoms with Crippen molar-refractivity contribution in [3.05, 3.63) is 98.0 Å². The van der Waals surface area contributed by atoms with Gasteiger partial charge < -0.3 is 5.32 Å². The SMILES string of the molecule is CS(=O)(=O)Nc1ccc2c(c1)S(=O)(=O)N/C(=c1\c(=O)c3cccn3n(Cc3ccc(F)cc3)c1=O)N2. The van der Waals surface area contributed by atoms with Crippen LogP contribution in [0, 0.1) is 5.82 Å². The topological polar surface area (TPSA) is 148 Å². The van der Waals surface area contributed by atoms with Gasteiger partial charge in [0.15, 0.2) is 0 Å². The number of halogens is 1. The molecule has 5 rings (SSSR count). The Kier molecular flexibility index (Phi) is 5.37. The predicted octanol–water partition coefficient (Wildman–Crippen LogP) is 0.209. The van der Waals surface area contributed by atoms with E-state index in [-0.39, 0.29) is 34.2 Å². The van der Waals surface area contributed by atoms with Gasteiger partial charge in [-0.2, -0.15) is 0 Å². The summed E-state index contributed by atoms with van der Waals surface area (Å²) in [5.41, 5.74) is -0.716. The van der Waals surface area contributed by atoms with Gasteiger partial charge in [0.1, 0.15) is 27.3 Å². The Morgan fingerprint density at radius 2 is 1.78 bits per heavy atom. The number of hydrogen-bond acceptors (Lipinski definition) is 7. The van der Waals surface area contributed by atoms with Gasteiger partial charge in [0.05, 0.1) is 18.5 Å². The minimum absolute atomic E-state index is 0.0191. The first kappa shape index (κ1) is 23.6. The zero-order chi connectivity index (χ0) is 25.8. The summed E-state index contributed by atoms with van der Waals surface area (Å²) in [6, 6.07) is 12.3. The maximum atomic E-state index is 13.5. The summed E-state index contributed by atoms with van der Waals surface area (Å²) in [4.78, 5) is 26.5. The lowest BCUT2D eigenvalue weighted by Crippen LogP contribution is -2.52.